The van der Waals surface area contributed by atoms with E-state index in [9.17, 15) is 4.79 Å². The van der Waals surface area contributed by atoms with Crippen LogP contribution in [0.1, 0.15) is 63.2 Å². The Balaban J connectivity index is 1.73. The van der Waals surface area contributed by atoms with Crippen LogP contribution in [0, 0.1) is 13.8 Å². The molecule has 1 aliphatic carbocycles. The zero-order valence-electron chi connectivity index (χ0n) is 18.0. The summed E-state index contributed by atoms with van der Waals surface area (Å²) in [6, 6.07) is 13.7. The molecule has 0 saturated heterocycles. The summed E-state index contributed by atoms with van der Waals surface area (Å²) in [4.78, 5) is 19.5. The minimum absolute atomic E-state index is 0.0746. The molecule has 0 radical (unpaired) electrons. The first-order valence-corrected chi connectivity index (χ1v) is 12.0. The smallest absolute Gasteiger partial charge is 0.259 e. The number of aliphatic imine (C=N–C) groups is 1. The van der Waals surface area contributed by atoms with E-state index in [1.54, 1.807) is 17.6 Å². The number of carbonyl (C=O) groups excluding carboxylic acids is 1. The highest BCUT2D eigenvalue weighted by molar-refractivity contribution is 7.16. The van der Waals surface area contributed by atoms with E-state index in [0.717, 1.165) is 52.2 Å². The summed E-state index contributed by atoms with van der Waals surface area (Å²) >= 11 is 7.96. The highest BCUT2D eigenvalue weighted by Gasteiger charge is 2.24. The van der Waals surface area contributed by atoms with Crippen molar-refractivity contribution in [3.8, 4) is 0 Å². The summed E-state index contributed by atoms with van der Waals surface area (Å²) in [7, 11) is 0. The van der Waals surface area contributed by atoms with Gasteiger partial charge >= 0.3 is 0 Å². The number of nitrogens with zero attached hydrogens (tertiary/aromatic N) is 1. The average molecular weight is 451 g/mol. The molecule has 0 spiro atoms. The SMILES string of the molecule is Cc1cc(C)cc(NC(=O)c2c(N=Cc3ccccc3Cl)sc3c2CCCCCC3)c1. The van der Waals surface area contributed by atoms with Gasteiger partial charge in [0.1, 0.15) is 5.00 Å². The third-order valence-electron chi connectivity index (χ3n) is 5.59. The zero-order valence-corrected chi connectivity index (χ0v) is 19.6. The fourth-order valence-electron chi connectivity index (χ4n) is 4.18. The van der Waals surface area contributed by atoms with Gasteiger partial charge in [0.15, 0.2) is 0 Å². The van der Waals surface area contributed by atoms with Crippen molar-refractivity contribution >= 4 is 45.7 Å². The van der Waals surface area contributed by atoms with Crippen molar-refractivity contribution in [2.75, 3.05) is 5.32 Å². The molecule has 1 aromatic heterocycles. The number of fused-ring (bicyclic) bond motifs is 1. The summed E-state index contributed by atoms with van der Waals surface area (Å²) < 4.78 is 0. The predicted octanol–water partition coefficient (Wildman–Crippen LogP) is 7.68. The van der Waals surface area contributed by atoms with Crippen molar-refractivity contribution in [2.45, 2.75) is 52.4 Å². The molecule has 0 aliphatic heterocycles. The Morgan fingerprint density at radius 1 is 1.03 bits per heavy atom. The molecular weight excluding hydrogens is 424 g/mol. The van der Waals surface area contributed by atoms with Crippen molar-refractivity contribution in [1.82, 2.24) is 0 Å². The van der Waals surface area contributed by atoms with Crippen LogP contribution in [0.25, 0.3) is 0 Å². The average Bonchev–Trinajstić information content (AvgIpc) is 3.03. The fourth-order valence-corrected chi connectivity index (χ4v) is 5.59. The Morgan fingerprint density at radius 3 is 2.48 bits per heavy atom. The third-order valence-corrected chi connectivity index (χ3v) is 7.13. The molecular formula is C26H27ClN2OS. The van der Waals surface area contributed by atoms with E-state index in [2.05, 4.69) is 11.4 Å². The van der Waals surface area contributed by atoms with Crippen LogP contribution < -0.4 is 5.32 Å². The number of anilines is 1. The molecule has 1 aliphatic rings. The van der Waals surface area contributed by atoms with Gasteiger partial charge in [-0.15, -0.1) is 11.3 Å². The van der Waals surface area contributed by atoms with Crippen LogP contribution in [0.2, 0.25) is 5.02 Å². The second kappa shape index (κ2) is 9.80. The third kappa shape index (κ3) is 5.25. The van der Waals surface area contributed by atoms with Gasteiger partial charge in [-0.1, -0.05) is 48.7 Å². The largest absolute Gasteiger partial charge is 0.322 e. The highest BCUT2D eigenvalue weighted by Crippen LogP contribution is 2.39. The molecule has 0 bridgehead atoms. The van der Waals surface area contributed by atoms with E-state index in [1.165, 1.54) is 29.7 Å². The van der Waals surface area contributed by atoms with Gasteiger partial charge in [-0.3, -0.25) is 4.79 Å². The van der Waals surface area contributed by atoms with Crippen LogP contribution in [-0.2, 0) is 12.8 Å². The number of rotatable bonds is 4. The quantitative estimate of drug-likeness (QED) is 0.407. The maximum Gasteiger partial charge on any atom is 0.259 e. The minimum Gasteiger partial charge on any atom is -0.322 e. The minimum atomic E-state index is -0.0746. The zero-order chi connectivity index (χ0) is 21.8. The van der Waals surface area contributed by atoms with Crippen LogP contribution in [-0.4, -0.2) is 12.1 Å². The van der Waals surface area contributed by atoms with Gasteiger partial charge in [0.25, 0.3) is 5.91 Å². The molecule has 3 aromatic rings. The van der Waals surface area contributed by atoms with Gasteiger partial charge in [-0.05, 0) is 74.4 Å². The first kappa shape index (κ1) is 21.8. The van der Waals surface area contributed by atoms with Gasteiger partial charge in [0, 0.05) is 27.4 Å². The molecule has 0 unspecified atom stereocenters. The lowest BCUT2D eigenvalue weighted by Gasteiger charge is -2.12. The number of hydrogen-bond acceptors (Lipinski definition) is 3. The molecule has 0 atom stereocenters. The number of amides is 1. The highest BCUT2D eigenvalue weighted by atomic mass is 35.5. The molecule has 1 amide bonds. The van der Waals surface area contributed by atoms with Gasteiger partial charge in [-0.25, -0.2) is 4.99 Å². The van der Waals surface area contributed by atoms with Crippen LogP contribution in [0.3, 0.4) is 0 Å². The van der Waals surface area contributed by atoms with Gasteiger partial charge in [-0.2, -0.15) is 0 Å². The Morgan fingerprint density at radius 2 is 1.74 bits per heavy atom. The Bertz CT molecular complexity index is 1110. The van der Waals surface area contributed by atoms with Crippen LogP contribution in [0.4, 0.5) is 10.7 Å². The number of nitrogens with one attached hydrogen (secondary N) is 1. The van der Waals surface area contributed by atoms with Crippen molar-refractivity contribution in [3.63, 3.8) is 0 Å². The topological polar surface area (TPSA) is 41.5 Å². The van der Waals surface area contributed by atoms with E-state index in [-0.39, 0.29) is 5.91 Å². The van der Waals surface area contributed by atoms with Crippen LogP contribution in [0.15, 0.2) is 47.5 Å². The summed E-state index contributed by atoms with van der Waals surface area (Å²) in [6.45, 7) is 4.09. The number of halogens is 1. The van der Waals surface area contributed by atoms with E-state index in [4.69, 9.17) is 16.6 Å². The number of carbonyl (C=O) groups is 1. The lowest BCUT2D eigenvalue weighted by atomic mass is 9.96. The van der Waals surface area contributed by atoms with Crippen LogP contribution in [0.5, 0.6) is 0 Å². The van der Waals surface area contributed by atoms with Gasteiger partial charge in [0.2, 0.25) is 0 Å². The summed E-state index contributed by atoms with van der Waals surface area (Å²) in [6.07, 6.45) is 8.47. The Kier molecular flexibility index (Phi) is 6.89. The van der Waals surface area contributed by atoms with Crippen molar-refractivity contribution in [2.24, 2.45) is 4.99 Å². The lowest BCUT2D eigenvalue weighted by Crippen LogP contribution is -2.14. The molecule has 160 valence electrons. The summed E-state index contributed by atoms with van der Waals surface area (Å²) in [5.41, 5.74) is 5.85. The van der Waals surface area contributed by atoms with Gasteiger partial charge < -0.3 is 5.32 Å². The van der Waals surface area contributed by atoms with Gasteiger partial charge in [0.05, 0.1) is 5.56 Å². The molecule has 31 heavy (non-hydrogen) atoms. The normalized spacial score (nSPS) is 14.2. The number of benzene rings is 2. The second-order valence-corrected chi connectivity index (χ2v) is 9.70. The molecule has 1 heterocycles. The summed E-state index contributed by atoms with van der Waals surface area (Å²) in [5.74, 6) is -0.0746. The van der Waals surface area contributed by atoms with E-state index < -0.39 is 0 Å². The standard InChI is InChI=1S/C26H27ClN2OS/c1-17-13-18(2)15-20(14-17)29-25(30)24-21-10-5-3-4-6-12-23(21)31-26(24)28-16-19-9-7-8-11-22(19)27/h7-9,11,13-16H,3-6,10,12H2,1-2H3,(H,29,30). The molecule has 4 rings (SSSR count). The van der Waals surface area contributed by atoms with E-state index in [0.29, 0.717) is 5.02 Å². The van der Waals surface area contributed by atoms with E-state index >= 15 is 0 Å². The number of aryl methyl sites for hydroxylation is 3. The maximum absolute atomic E-state index is 13.5. The Labute approximate surface area is 193 Å². The monoisotopic (exact) mass is 450 g/mol. The molecule has 2 aromatic carbocycles. The fraction of sp³-hybridized carbons (Fsp3) is 0.308. The predicted molar refractivity (Wildman–Crippen MR) is 133 cm³/mol. The van der Waals surface area contributed by atoms with Crippen LogP contribution >= 0.6 is 22.9 Å². The molecule has 0 saturated carbocycles. The first-order valence-electron chi connectivity index (χ1n) is 10.8. The second-order valence-electron chi connectivity index (χ2n) is 8.21. The number of thiophene rings is 1. The molecule has 0 fully saturated rings. The summed E-state index contributed by atoms with van der Waals surface area (Å²) in [5, 5.41) is 4.56. The Hall–Kier alpha value is -2.43. The number of hydrogen-bond donors (Lipinski definition) is 1. The van der Waals surface area contributed by atoms with Crippen molar-refractivity contribution in [3.05, 3.63) is 80.2 Å². The molecule has 1 N–H and O–H groups in total. The lowest BCUT2D eigenvalue weighted by molar-refractivity contribution is 0.102. The molecule has 3 nitrogen and oxygen atoms in total. The first-order chi connectivity index (χ1) is 15.0. The van der Waals surface area contributed by atoms with E-state index in [1.807, 2.05) is 50.2 Å². The molecule has 5 heteroatoms. The maximum atomic E-state index is 13.5. The van der Waals surface area contributed by atoms with Crippen molar-refractivity contribution in [1.29, 1.82) is 0 Å². The van der Waals surface area contributed by atoms with Crippen molar-refractivity contribution < 1.29 is 4.79 Å².